The predicted molar refractivity (Wildman–Crippen MR) is 92.2 cm³/mol. The van der Waals surface area contributed by atoms with Crippen LogP contribution in [0.25, 0.3) is 0 Å². The van der Waals surface area contributed by atoms with Crippen molar-refractivity contribution in [2.45, 2.75) is 13.0 Å². The van der Waals surface area contributed by atoms with Crippen LogP contribution in [0, 0.1) is 0 Å². The molecule has 118 valence electrons. The Morgan fingerprint density at radius 1 is 1.30 bits per heavy atom. The summed E-state index contributed by atoms with van der Waals surface area (Å²) in [7, 11) is 0. The average Bonchev–Trinajstić information content (AvgIpc) is 3.15. The molecule has 0 saturated carbocycles. The Morgan fingerprint density at radius 3 is 2.91 bits per heavy atom. The molecule has 8 heteroatoms. The molecule has 2 aromatic heterocycles. The highest BCUT2D eigenvalue weighted by atomic mass is 35.5. The van der Waals surface area contributed by atoms with Gasteiger partial charge in [0, 0.05) is 29.9 Å². The lowest BCUT2D eigenvalue weighted by molar-refractivity contribution is -0.116. The lowest BCUT2D eigenvalue weighted by Gasteiger charge is -2.02. The van der Waals surface area contributed by atoms with Crippen molar-refractivity contribution in [1.82, 2.24) is 14.5 Å². The van der Waals surface area contributed by atoms with Crippen LogP contribution in [0.5, 0.6) is 0 Å². The van der Waals surface area contributed by atoms with Gasteiger partial charge in [0.15, 0.2) is 5.13 Å². The van der Waals surface area contributed by atoms with Crippen LogP contribution in [0.3, 0.4) is 0 Å². The van der Waals surface area contributed by atoms with Gasteiger partial charge in [-0.3, -0.25) is 4.79 Å². The Balaban J connectivity index is 1.61. The summed E-state index contributed by atoms with van der Waals surface area (Å²) in [4.78, 5) is 21.1. The summed E-state index contributed by atoms with van der Waals surface area (Å²) in [6.07, 6.45) is 7.40. The number of nitrogens with zero attached hydrogens (tertiary/aromatic N) is 3. The minimum Gasteiger partial charge on any atom is -0.328 e. The highest BCUT2D eigenvalue weighted by molar-refractivity contribution is 7.15. The summed E-state index contributed by atoms with van der Waals surface area (Å²) in [5, 5.41) is 4.42. The minimum absolute atomic E-state index is 0.140. The number of benzene rings is 1. The van der Waals surface area contributed by atoms with E-state index in [-0.39, 0.29) is 12.5 Å². The van der Waals surface area contributed by atoms with Crippen LogP contribution in [0.2, 0.25) is 10.0 Å². The van der Waals surface area contributed by atoms with Crippen LogP contribution in [0.15, 0.2) is 43.1 Å². The average molecular weight is 367 g/mol. The van der Waals surface area contributed by atoms with E-state index in [0.717, 1.165) is 10.4 Å². The molecule has 0 spiro atoms. The van der Waals surface area contributed by atoms with E-state index in [4.69, 9.17) is 23.2 Å². The van der Waals surface area contributed by atoms with Crippen molar-refractivity contribution in [3.63, 3.8) is 0 Å². The van der Waals surface area contributed by atoms with Gasteiger partial charge in [-0.1, -0.05) is 29.3 Å². The molecule has 0 aliphatic rings. The topological polar surface area (TPSA) is 59.8 Å². The van der Waals surface area contributed by atoms with Crippen LogP contribution >= 0.6 is 34.5 Å². The molecule has 1 amide bonds. The zero-order valence-corrected chi connectivity index (χ0v) is 14.2. The molecule has 0 atom stereocenters. The molecule has 0 radical (unpaired) electrons. The van der Waals surface area contributed by atoms with E-state index < -0.39 is 0 Å². The fourth-order valence-corrected chi connectivity index (χ4v) is 3.19. The van der Waals surface area contributed by atoms with Gasteiger partial charge in [0.25, 0.3) is 0 Å². The van der Waals surface area contributed by atoms with Gasteiger partial charge in [-0.2, -0.15) is 0 Å². The van der Waals surface area contributed by atoms with E-state index in [1.165, 1.54) is 11.3 Å². The van der Waals surface area contributed by atoms with Crippen molar-refractivity contribution in [2.24, 2.45) is 0 Å². The standard InChI is InChI=1S/C15H12Cl2N4OS/c16-12-2-1-10(6-13(12)17)5-11-7-19-15(23-11)20-14(22)8-21-4-3-18-9-21/h1-4,6-7,9H,5,8H2,(H,19,20,22). The van der Waals surface area contributed by atoms with Crippen LogP contribution in [0.1, 0.15) is 10.4 Å². The van der Waals surface area contributed by atoms with Gasteiger partial charge < -0.3 is 9.88 Å². The first kappa shape index (κ1) is 16.0. The number of rotatable bonds is 5. The zero-order chi connectivity index (χ0) is 16.2. The Morgan fingerprint density at radius 2 is 2.17 bits per heavy atom. The fraction of sp³-hybridized carbons (Fsp3) is 0.133. The second kappa shape index (κ2) is 7.12. The summed E-state index contributed by atoms with van der Waals surface area (Å²) >= 11 is 13.4. The van der Waals surface area contributed by atoms with Crippen LogP contribution in [-0.4, -0.2) is 20.4 Å². The Labute approximate surface area is 146 Å². The number of carbonyl (C=O) groups is 1. The molecular formula is C15H12Cl2N4OS. The first-order valence-electron chi connectivity index (χ1n) is 6.74. The third-order valence-electron chi connectivity index (χ3n) is 3.05. The number of thiazole rings is 1. The molecule has 2 heterocycles. The van der Waals surface area contributed by atoms with Gasteiger partial charge in [-0.05, 0) is 17.7 Å². The molecule has 0 fully saturated rings. The second-order valence-electron chi connectivity index (χ2n) is 4.84. The molecular weight excluding hydrogens is 355 g/mol. The van der Waals surface area contributed by atoms with E-state index in [9.17, 15) is 4.79 Å². The number of carbonyl (C=O) groups excluding carboxylic acids is 1. The first-order chi connectivity index (χ1) is 11.1. The van der Waals surface area contributed by atoms with Gasteiger partial charge >= 0.3 is 0 Å². The lowest BCUT2D eigenvalue weighted by Crippen LogP contribution is -2.17. The largest absolute Gasteiger partial charge is 0.328 e. The zero-order valence-electron chi connectivity index (χ0n) is 11.9. The number of amides is 1. The molecule has 0 bridgehead atoms. The summed E-state index contributed by atoms with van der Waals surface area (Å²) in [6.45, 7) is 0.210. The number of aromatic nitrogens is 3. The molecule has 0 unspecified atom stereocenters. The maximum absolute atomic E-state index is 11.9. The number of hydrogen-bond donors (Lipinski definition) is 1. The van der Waals surface area contributed by atoms with Crippen molar-refractivity contribution in [2.75, 3.05) is 5.32 Å². The summed E-state index contributed by atoms with van der Waals surface area (Å²) in [5.41, 5.74) is 1.04. The lowest BCUT2D eigenvalue weighted by atomic mass is 10.1. The fourth-order valence-electron chi connectivity index (χ4n) is 2.00. The summed E-state index contributed by atoms with van der Waals surface area (Å²) < 4.78 is 1.69. The summed E-state index contributed by atoms with van der Waals surface area (Å²) in [5.74, 6) is -0.140. The predicted octanol–water partition coefficient (Wildman–Crippen LogP) is 3.88. The van der Waals surface area contributed by atoms with Crippen molar-refractivity contribution in [3.8, 4) is 0 Å². The molecule has 3 rings (SSSR count). The highest BCUT2D eigenvalue weighted by Gasteiger charge is 2.08. The van der Waals surface area contributed by atoms with Gasteiger partial charge in [-0.15, -0.1) is 11.3 Å². The number of nitrogens with one attached hydrogen (secondary N) is 1. The van der Waals surface area contributed by atoms with E-state index in [0.29, 0.717) is 21.6 Å². The molecule has 0 aliphatic heterocycles. The van der Waals surface area contributed by atoms with E-state index in [2.05, 4.69) is 15.3 Å². The van der Waals surface area contributed by atoms with Gasteiger partial charge in [0.2, 0.25) is 5.91 Å². The molecule has 1 N–H and O–H groups in total. The quantitative estimate of drug-likeness (QED) is 0.745. The van der Waals surface area contributed by atoms with Crippen LogP contribution < -0.4 is 5.32 Å². The van der Waals surface area contributed by atoms with Crippen molar-refractivity contribution in [1.29, 1.82) is 0 Å². The smallest absolute Gasteiger partial charge is 0.246 e. The molecule has 5 nitrogen and oxygen atoms in total. The Bertz CT molecular complexity index is 817. The Hall–Kier alpha value is -1.89. The number of halogens is 2. The van der Waals surface area contributed by atoms with Gasteiger partial charge in [0.1, 0.15) is 6.54 Å². The minimum atomic E-state index is -0.140. The maximum atomic E-state index is 11.9. The molecule has 0 aliphatic carbocycles. The van der Waals surface area contributed by atoms with Crippen LogP contribution in [-0.2, 0) is 17.8 Å². The first-order valence-corrected chi connectivity index (χ1v) is 8.31. The van der Waals surface area contributed by atoms with Crippen molar-refractivity contribution >= 4 is 45.6 Å². The second-order valence-corrected chi connectivity index (χ2v) is 6.77. The number of hydrogen-bond acceptors (Lipinski definition) is 4. The molecule has 3 aromatic rings. The highest BCUT2D eigenvalue weighted by Crippen LogP contribution is 2.26. The molecule has 0 saturated heterocycles. The van der Waals surface area contributed by atoms with E-state index >= 15 is 0 Å². The van der Waals surface area contributed by atoms with Gasteiger partial charge in [-0.25, -0.2) is 9.97 Å². The maximum Gasteiger partial charge on any atom is 0.246 e. The third kappa shape index (κ3) is 4.31. The monoisotopic (exact) mass is 366 g/mol. The number of anilines is 1. The van der Waals surface area contributed by atoms with Crippen molar-refractivity contribution < 1.29 is 4.79 Å². The van der Waals surface area contributed by atoms with E-state index in [1.54, 1.807) is 35.6 Å². The third-order valence-corrected chi connectivity index (χ3v) is 4.70. The molecule has 23 heavy (non-hydrogen) atoms. The summed E-state index contributed by atoms with van der Waals surface area (Å²) in [6, 6.07) is 5.53. The Kier molecular flexibility index (Phi) is 4.95. The number of imidazole rings is 1. The van der Waals surface area contributed by atoms with E-state index in [1.807, 2.05) is 12.1 Å². The van der Waals surface area contributed by atoms with Crippen molar-refractivity contribution in [3.05, 3.63) is 63.6 Å². The van der Waals surface area contributed by atoms with Gasteiger partial charge in [0.05, 0.1) is 16.4 Å². The SMILES string of the molecule is O=C(Cn1ccnc1)Nc1ncc(Cc2ccc(Cl)c(Cl)c2)s1. The molecule has 1 aromatic carbocycles. The normalized spacial score (nSPS) is 10.7. The van der Waals surface area contributed by atoms with Crippen LogP contribution in [0.4, 0.5) is 5.13 Å².